The molecule has 1 aromatic rings. The molecular weight excluding hydrogens is 314 g/mol. The minimum Gasteiger partial charge on any atom is -0.490 e. The van der Waals surface area contributed by atoms with E-state index in [0.29, 0.717) is 0 Å². The highest BCUT2D eigenvalue weighted by Crippen LogP contribution is 2.26. The Morgan fingerprint density at radius 2 is 1.90 bits per heavy atom. The van der Waals surface area contributed by atoms with E-state index in [4.69, 9.17) is 4.74 Å². The van der Waals surface area contributed by atoms with Gasteiger partial charge < -0.3 is 10.1 Å². The summed E-state index contributed by atoms with van der Waals surface area (Å²) in [7, 11) is 0. The number of benzene rings is 1. The van der Waals surface area contributed by atoms with Crippen molar-refractivity contribution in [1.29, 1.82) is 0 Å². The first-order valence-corrected chi connectivity index (χ1v) is 8.58. The second kappa shape index (κ2) is 10.2. The van der Waals surface area contributed by atoms with E-state index in [1.165, 1.54) is 37.7 Å². The third-order valence-electron chi connectivity index (χ3n) is 3.15. The standard InChI is InChI=1S/C17H28BrNO/c1-4-5-6-7-8-11-19-13-15-9-10-17(16(18)12-15)20-14(2)3/h9-10,12,14,19H,4-8,11,13H2,1-3H3. The van der Waals surface area contributed by atoms with Crippen LogP contribution in [0.15, 0.2) is 22.7 Å². The molecule has 1 rings (SSSR count). The summed E-state index contributed by atoms with van der Waals surface area (Å²) in [4.78, 5) is 0. The van der Waals surface area contributed by atoms with Crippen LogP contribution in [-0.2, 0) is 6.54 Å². The lowest BCUT2D eigenvalue weighted by Gasteiger charge is -2.12. The molecule has 2 nitrogen and oxygen atoms in total. The fourth-order valence-electron chi connectivity index (χ4n) is 2.09. The summed E-state index contributed by atoms with van der Waals surface area (Å²) in [6, 6.07) is 6.32. The molecule has 0 unspecified atom stereocenters. The van der Waals surface area contributed by atoms with E-state index in [9.17, 15) is 0 Å². The molecular formula is C17H28BrNO. The number of unbranched alkanes of at least 4 members (excludes halogenated alkanes) is 4. The van der Waals surface area contributed by atoms with Crippen LogP contribution in [0, 0.1) is 0 Å². The minimum absolute atomic E-state index is 0.207. The molecule has 1 aromatic carbocycles. The molecule has 0 aliphatic heterocycles. The maximum atomic E-state index is 5.71. The van der Waals surface area contributed by atoms with Gasteiger partial charge in [-0.25, -0.2) is 0 Å². The Hall–Kier alpha value is -0.540. The van der Waals surface area contributed by atoms with Gasteiger partial charge in [0.1, 0.15) is 5.75 Å². The fourth-order valence-corrected chi connectivity index (χ4v) is 2.61. The lowest BCUT2D eigenvalue weighted by Crippen LogP contribution is -2.14. The molecule has 0 saturated carbocycles. The molecule has 0 aliphatic carbocycles. The van der Waals surface area contributed by atoms with E-state index < -0.39 is 0 Å². The molecule has 0 amide bonds. The molecule has 0 spiro atoms. The zero-order valence-corrected chi connectivity index (χ0v) is 14.6. The first-order chi connectivity index (χ1) is 9.63. The summed E-state index contributed by atoms with van der Waals surface area (Å²) in [5, 5.41) is 3.50. The zero-order valence-electron chi connectivity index (χ0n) is 13.0. The van der Waals surface area contributed by atoms with E-state index in [-0.39, 0.29) is 6.10 Å². The lowest BCUT2D eigenvalue weighted by molar-refractivity contribution is 0.241. The Labute approximate surface area is 132 Å². The Kier molecular flexibility index (Phi) is 8.95. The maximum Gasteiger partial charge on any atom is 0.133 e. The van der Waals surface area contributed by atoms with Gasteiger partial charge in [-0.05, 0) is 60.4 Å². The number of hydrogen-bond acceptors (Lipinski definition) is 2. The molecule has 3 heteroatoms. The molecule has 20 heavy (non-hydrogen) atoms. The number of hydrogen-bond donors (Lipinski definition) is 1. The molecule has 0 aromatic heterocycles. The SMILES string of the molecule is CCCCCCCNCc1ccc(OC(C)C)c(Br)c1. The molecule has 1 N–H and O–H groups in total. The predicted molar refractivity (Wildman–Crippen MR) is 90.4 cm³/mol. The number of ether oxygens (including phenoxy) is 1. The van der Waals surface area contributed by atoms with Crippen LogP contribution in [0.3, 0.4) is 0 Å². The summed E-state index contributed by atoms with van der Waals surface area (Å²) >= 11 is 3.57. The molecule has 0 saturated heterocycles. The smallest absolute Gasteiger partial charge is 0.133 e. The Balaban J connectivity index is 2.25. The summed E-state index contributed by atoms with van der Waals surface area (Å²) in [5.74, 6) is 0.920. The van der Waals surface area contributed by atoms with Crippen molar-refractivity contribution in [3.8, 4) is 5.75 Å². The molecule has 0 bridgehead atoms. The zero-order chi connectivity index (χ0) is 14.8. The molecule has 0 aliphatic rings. The summed E-state index contributed by atoms with van der Waals surface area (Å²) < 4.78 is 6.75. The second-order valence-corrected chi connectivity index (χ2v) is 6.38. The monoisotopic (exact) mass is 341 g/mol. The predicted octanol–water partition coefficient (Wildman–Crippen LogP) is 5.30. The van der Waals surface area contributed by atoms with Gasteiger partial charge in [0.25, 0.3) is 0 Å². The van der Waals surface area contributed by atoms with Crippen LogP contribution in [0.4, 0.5) is 0 Å². The molecule has 0 atom stereocenters. The van der Waals surface area contributed by atoms with Gasteiger partial charge in [0.15, 0.2) is 0 Å². The largest absolute Gasteiger partial charge is 0.490 e. The average Bonchev–Trinajstić information content (AvgIpc) is 2.40. The lowest BCUT2D eigenvalue weighted by atomic mass is 10.1. The fraction of sp³-hybridized carbons (Fsp3) is 0.647. The minimum atomic E-state index is 0.207. The quantitative estimate of drug-likeness (QED) is 0.583. The topological polar surface area (TPSA) is 21.3 Å². The van der Waals surface area contributed by atoms with Crippen molar-refractivity contribution in [2.24, 2.45) is 0 Å². The van der Waals surface area contributed by atoms with Gasteiger partial charge in [0.2, 0.25) is 0 Å². The normalized spacial score (nSPS) is 11.1. The molecule has 0 heterocycles. The Morgan fingerprint density at radius 1 is 1.15 bits per heavy atom. The Morgan fingerprint density at radius 3 is 2.55 bits per heavy atom. The van der Waals surface area contributed by atoms with Gasteiger partial charge >= 0.3 is 0 Å². The van der Waals surface area contributed by atoms with Crippen molar-refractivity contribution in [1.82, 2.24) is 5.32 Å². The number of rotatable bonds is 10. The van der Waals surface area contributed by atoms with Crippen LogP contribution in [0.2, 0.25) is 0 Å². The van der Waals surface area contributed by atoms with Crippen molar-refractivity contribution < 1.29 is 4.74 Å². The molecule has 114 valence electrons. The summed E-state index contributed by atoms with van der Waals surface area (Å²) in [6.07, 6.45) is 6.86. The van der Waals surface area contributed by atoms with E-state index in [0.717, 1.165) is 23.3 Å². The van der Waals surface area contributed by atoms with Gasteiger partial charge in [0, 0.05) is 6.54 Å². The highest BCUT2D eigenvalue weighted by Gasteiger charge is 2.04. The van der Waals surface area contributed by atoms with Gasteiger partial charge in [-0.3, -0.25) is 0 Å². The highest BCUT2D eigenvalue weighted by molar-refractivity contribution is 9.10. The van der Waals surface area contributed by atoms with Gasteiger partial charge in [-0.2, -0.15) is 0 Å². The Bertz CT molecular complexity index is 379. The van der Waals surface area contributed by atoms with Gasteiger partial charge in [0.05, 0.1) is 10.6 Å². The van der Waals surface area contributed by atoms with Crippen LogP contribution in [-0.4, -0.2) is 12.6 Å². The molecule has 0 fully saturated rings. The van der Waals surface area contributed by atoms with Gasteiger partial charge in [-0.1, -0.05) is 38.7 Å². The van der Waals surface area contributed by atoms with Crippen LogP contribution >= 0.6 is 15.9 Å². The van der Waals surface area contributed by atoms with E-state index in [2.05, 4.69) is 40.3 Å². The molecule has 0 radical (unpaired) electrons. The second-order valence-electron chi connectivity index (χ2n) is 5.52. The first-order valence-electron chi connectivity index (χ1n) is 7.79. The van der Waals surface area contributed by atoms with E-state index >= 15 is 0 Å². The summed E-state index contributed by atoms with van der Waals surface area (Å²) in [5.41, 5.74) is 1.29. The number of halogens is 1. The van der Waals surface area contributed by atoms with Crippen molar-refractivity contribution in [2.45, 2.75) is 65.5 Å². The van der Waals surface area contributed by atoms with Crippen LogP contribution in [0.1, 0.15) is 58.4 Å². The van der Waals surface area contributed by atoms with E-state index in [1.807, 2.05) is 19.9 Å². The summed E-state index contributed by atoms with van der Waals surface area (Å²) in [6.45, 7) is 8.36. The third kappa shape index (κ3) is 7.30. The van der Waals surface area contributed by atoms with Crippen molar-refractivity contribution in [3.63, 3.8) is 0 Å². The van der Waals surface area contributed by atoms with Crippen LogP contribution in [0.25, 0.3) is 0 Å². The maximum absolute atomic E-state index is 5.71. The third-order valence-corrected chi connectivity index (χ3v) is 3.76. The first kappa shape index (κ1) is 17.5. The van der Waals surface area contributed by atoms with Crippen molar-refractivity contribution in [2.75, 3.05) is 6.54 Å². The van der Waals surface area contributed by atoms with Crippen LogP contribution < -0.4 is 10.1 Å². The van der Waals surface area contributed by atoms with E-state index in [1.54, 1.807) is 0 Å². The average molecular weight is 342 g/mol. The van der Waals surface area contributed by atoms with Crippen molar-refractivity contribution in [3.05, 3.63) is 28.2 Å². The van der Waals surface area contributed by atoms with Crippen molar-refractivity contribution >= 4 is 15.9 Å². The van der Waals surface area contributed by atoms with Crippen LogP contribution in [0.5, 0.6) is 5.75 Å². The number of nitrogens with one attached hydrogen (secondary N) is 1. The van der Waals surface area contributed by atoms with Gasteiger partial charge in [-0.15, -0.1) is 0 Å². The highest BCUT2D eigenvalue weighted by atomic mass is 79.9.